The Hall–Kier alpha value is -1.26. The quantitative estimate of drug-likeness (QED) is 0.799. The van der Waals surface area contributed by atoms with Crippen LogP contribution in [0.3, 0.4) is 0 Å². The van der Waals surface area contributed by atoms with E-state index >= 15 is 0 Å². The van der Waals surface area contributed by atoms with Gasteiger partial charge in [0.1, 0.15) is 0 Å². The van der Waals surface area contributed by atoms with Crippen molar-refractivity contribution in [2.24, 2.45) is 5.73 Å². The number of nitrogens with zero attached hydrogens (tertiary/aromatic N) is 1. The van der Waals surface area contributed by atoms with Crippen LogP contribution in [0.2, 0.25) is 0 Å². The van der Waals surface area contributed by atoms with E-state index in [2.05, 4.69) is 18.0 Å². The molecule has 0 saturated heterocycles. The second kappa shape index (κ2) is 7.24. The molecule has 0 radical (unpaired) electrons. The number of hydrogen-bond acceptors (Lipinski definition) is 4. The van der Waals surface area contributed by atoms with E-state index in [4.69, 9.17) is 15.2 Å². The van der Waals surface area contributed by atoms with Crippen molar-refractivity contribution in [3.05, 3.63) is 23.8 Å². The first-order valence-electron chi connectivity index (χ1n) is 6.21. The van der Waals surface area contributed by atoms with Crippen LogP contribution >= 0.6 is 0 Å². The molecular weight excluding hydrogens is 228 g/mol. The summed E-state index contributed by atoms with van der Waals surface area (Å²) >= 11 is 0. The fourth-order valence-corrected chi connectivity index (χ4v) is 1.94. The minimum absolute atomic E-state index is 0.209. The first-order valence-corrected chi connectivity index (χ1v) is 6.21. The molecule has 18 heavy (non-hydrogen) atoms. The van der Waals surface area contributed by atoms with Gasteiger partial charge in [0.25, 0.3) is 0 Å². The lowest BCUT2D eigenvalue weighted by Gasteiger charge is -2.19. The van der Waals surface area contributed by atoms with Crippen LogP contribution < -0.4 is 15.2 Å². The number of likely N-dealkylation sites (N-methyl/N-ethyl adjacent to an activating group) is 1. The molecule has 0 aliphatic carbocycles. The summed E-state index contributed by atoms with van der Waals surface area (Å²) in [4.78, 5) is 2.24. The first kappa shape index (κ1) is 14.8. The monoisotopic (exact) mass is 252 g/mol. The summed E-state index contributed by atoms with van der Waals surface area (Å²) in [6.45, 7) is 3.91. The molecule has 102 valence electrons. The lowest BCUT2D eigenvalue weighted by Crippen LogP contribution is -2.34. The summed E-state index contributed by atoms with van der Waals surface area (Å²) in [6.07, 6.45) is 0.976. The van der Waals surface area contributed by atoms with Gasteiger partial charge in [0, 0.05) is 19.1 Å². The van der Waals surface area contributed by atoms with E-state index in [1.54, 1.807) is 14.2 Å². The van der Waals surface area contributed by atoms with Crippen LogP contribution in [0.4, 0.5) is 0 Å². The number of ether oxygens (including phenoxy) is 2. The molecule has 4 nitrogen and oxygen atoms in total. The number of benzene rings is 1. The Labute approximate surface area is 110 Å². The average molecular weight is 252 g/mol. The highest BCUT2D eigenvalue weighted by Crippen LogP contribution is 2.27. The third kappa shape index (κ3) is 4.55. The predicted octanol–water partition coefficient (Wildman–Crippen LogP) is 1.53. The Morgan fingerprint density at radius 2 is 1.89 bits per heavy atom. The molecule has 1 rings (SSSR count). The van der Waals surface area contributed by atoms with E-state index in [0.29, 0.717) is 0 Å². The van der Waals surface area contributed by atoms with Crippen molar-refractivity contribution in [3.8, 4) is 11.5 Å². The van der Waals surface area contributed by atoms with Crippen molar-refractivity contribution in [1.29, 1.82) is 0 Å². The Morgan fingerprint density at radius 1 is 1.22 bits per heavy atom. The van der Waals surface area contributed by atoms with Gasteiger partial charge in [0.2, 0.25) is 0 Å². The lowest BCUT2D eigenvalue weighted by atomic mass is 10.1. The Kier molecular flexibility index (Phi) is 5.95. The van der Waals surface area contributed by atoms with Crippen LogP contribution in [0.25, 0.3) is 0 Å². The molecule has 0 aliphatic heterocycles. The van der Waals surface area contributed by atoms with Crippen molar-refractivity contribution >= 4 is 0 Å². The van der Waals surface area contributed by atoms with Crippen molar-refractivity contribution in [2.75, 3.05) is 34.4 Å². The van der Waals surface area contributed by atoms with E-state index in [1.807, 2.05) is 19.1 Å². The van der Waals surface area contributed by atoms with Crippen LogP contribution in [0.1, 0.15) is 12.5 Å². The summed E-state index contributed by atoms with van der Waals surface area (Å²) in [5.74, 6) is 1.55. The zero-order chi connectivity index (χ0) is 13.5. The van der Waals surface area contributed by atoms with E-state index in [9.17, 15) is 0 Å². The molecule has 0 aromatic heterocycles. The minimum atomic E-state index is 0.209. The average Bonchev–Trinajstić information content (AvgIpc) is 2.35. The van der Waals surface area contributed by atoms with Gasteiger partial charge < -0.3 is 20.1 Å². The van der Waals surface area contributed by atoms with Gasteiger partial charge in [-0.2, -0.15) is 0 Å². The van der Waals surface area contributed by atoms with Gasteiger partial charge in [-0.3, -0.25) is 0 Å². The molecule has 0 spiro atoms. The highest BCUT2D eigenvalue weighted by atomic mass is 16.5. The molecule has 1 aromatic rings. The van der Waals surface area contributed by atoms with Gasteiger partial charge in [0.05, 0.1) is 14.2 Å². The minimum Gasteiger partial charge on any atom is -0.493 e. The normalized spacial score (nSPS) is 12.6. The standard InChI is InChI=1S/C14H24N2O2/c1-11(15)10-16(2)8-7-12-5-6-13(17-3)14(9-12)18-4/h5-6,9,11H,7-8,10,15H2,1-4H3. The molecule has 4 heteroatoms. The Bertz CT molecular complexity index is 367. The predicted molar refractivity (Wildman–Crippen MR) is 74.4 cm³/mol. The molecule has 1 atom stereocenters. The molecule has 0 saturated carbocycles. The maximum Gasteiger partial charge on any atom is 0.160 e. The van der Waals surface area contributed by atoms with Gasteiger partial charge in [-0.05, 0) is 38.1 Å². The summed E-state index contributed by atoms with van der Waals surface area (Å²) in [6, 6.07) is 6.25. The van der Waals surface area contributed by atoms with Crippen molar-refractivity contribution in [2.45, 2.75) is 19.4 Å². The molecule has 0 fully saturated rings. The third-order valence-electron chi connectivity index (χ3n) is 2.83. The fourth-order valence-electron chi connectivity index (χ4n) is 1.94. The lowest BCUT2D eigenvalue weighted by molar-refractivity contribution is 0.320. The largest absolute Gasteiger partial charge is 0.493 e. The topological polar surface area (TPSA) is 47.7 Å². The number of rotatable bonds is 7. The van der Waals surface area contributed by atoms with E-state index < -0.39 is 0 Å². The summed E-state index contributed by atoms with van der Waals surface area (Å²) in [7, 11) is 5.39. The maximum absolute atomic E-state index is 5.77. The van der Waals surface area contributed by atoms with Crippen molar-refractivity contribution in [1.82, 2.24) is 4.90 Å². The van der Waals surface area contributed by atoms with E-state index in [1.165, 1.54) is 5.56 Å². The second-order valence-corrected chi connectivity index (χ2v) is 4.68. The van der Waals surface area contributed by atoms with Crippen LogP contribution in [0.15, 0.2) is 18.2 Å². The number of hydrogen-bond donors (Lipinski definition) is 1. The Morgan fingerprint density at radius 3 is 2.44 bits per heavy atom. The van der Waals surface area contributed by atoms with Crippen molar-refractivity contribution in [3.63, 3.8) is 0 Å². The molecule has 1 unspecified atom stereocenters. The summed E-state index contributed by atoms with van der Waals surface area (Å²) < 4.78 is 10.5. The Balaban J connectivity index is 2.57. The van der Waals surface area contributed by atoms with Crippen LogP contribution in [-0.2, 0) is 6.42 Å². The second-order valence-electron chi connectivity index (χ2n) is 4.68. The molecular formula is C14H24N2O2. The van der Waals surface area contributed by atoms with Gasteiger partial charge in [-0.1, -0.05) is 6.07 Å². The maximum atomic E-state index is 5.77. The van der Waals surface area contributed by atoms with Gasteiger partial charge in [-0.25, -0.2) is 0 Å². The van der Waals surface area contributed by atoms with Gasteiger partial charge in [0.15, 0.2) is 11.5 Å². The van der Waals surface area contributed by atoms with Crippen LogP contribution in [0.5, 0.6) is 11.5 Å². The third-order valence-corrected chi connectivity index (χ3v) is 2.83. The molecule has 0 bridgehead atoms. The molecule has 0 aliphatic rings. The first-order chi connectivity index (χ1) is 8.56. The molecule has 0 amide bonds. The van der Waals surface area contributed by atoms with Gasteiger partial charge >= 0.3 is 0 Å². The van der Waals surface area contributed by atoms with Crippen LogP contribution in [0, 0.1) is 0 Å². The zero-order valence-corrected chi connectivity index (χ0v) is 11.8. The molecule has 2 N–H and O–H groups in total. The highest BCUT2D eigenvalue weighted by Gasteiger charge is 2.06. The molecule has 0 heterocycles. The highest BCUT2D eigenvalue weighted by molar-refractivity contribution is 5.42. The van der Waals surface area contributed by atoms with E-state index in [-0.39, 0.29) is 6.04 Å². The fraction of sp³-hybridized carbons (Fsp3) is 0.571. The van der Waals surface area contributed by atoms with Crippen LogP contribution in [-0.4, -0.2) is 45.3 Å². The summed E-state index contributed by atoms with van der Waals surface area (Å²) in [5, 5.41) is 0. The number of nitrogens with two attached hydrogens (primary N) is 1. The van der Waals surface area contributed by atoms with Gasteiger partial charge in [-0.15, -0.1) is 0 Å². The molecule has 1 aromatic carbocycles. The van der Waals surface area contributed by atoms with Crippen molar-refractivity contribution < 1.29 is 9.47 Å². The summed E-state index contributed by atoms with van der Waals surface area (Å²) in [5.41, 5.74) is 7.01. The number of methoxy groups -OCH3 is 2. The smallest absolute Gasteiger partial charge is 0.160 e. The van der Waals surface area contributed by atoms with E-state index in [0.717, 1.165) is 31.0 Å². The SMILES string of the molecule is COc1ccc(CCN(C)CC(C)N)cc1OC. The zero-order valence-electron chi connectivity index (χ0n) is 11.8.